The summed E-state index contributed by atoms with van der Waals surface area (Å²) in [6.45, 7) is 5.06. The molecule has 1 amide bonds. The fraction of sp³-hybridized carbons (Fsp3) is 0.500. The van der Waals surface area contributed by atoms with Gasteiger partial charge in [-0.05, 0) is 69.0 Å². The molecule has 0 spiro atoms. The summed E-state index contributed by atoms with van der Waals surface area (Å²) in [7, 11) is 0. The molecule has 0 saturated carbocycles. The van der Waals surface area contributed by atoms with Crippen LogP contribution in [0.2, 0.25) is 0 Å². The van der Waals surface area contributed by atoms with Gasteiger partial charge < -0.3 is 20.1 Å². The summed E-state index contributed by atoms with van der Waals surface area (Å²) in [5.74, 6) is 1.95. The molecule has 144 valence electrons. The number of rotatable bonds is 5. The van der Waals surface area contributed by atoms with Crippen LogP contribution in [0.25, 0.3) is 0 Å². The molecule has 0 bridgehead atoms. The highest BCUT2D eigenvalue weighted by atomic mass is 32.1. The lowest BCUT2D eigenvalue weighted by Gasteiger charge is -2.24. The van der Waals surface area contributed by atoms with Crippen molar-refractivity contribution in [2.75, 3.05) is 31.6 Å². The quantitative estimate of drug-likeness (QED) is 0.824. The second-order valence-electron chi connectivity index (χ2n) is 7.00. The molecule has 2 aliphatic heterocycles. The van der Waals surface area contributed by atoms with Crippen LogP contribution in [-0.4, -0.2) is 37.2 Å². The SMILES string of the molecule is CCOc1ccc2c(c1)CC(C(=O)Nc1ncc(C3CCNCC3)s1)CO2. The molecule has 1 unspecified atom stereocenters. The molecular formula is C20H25N3O3S. The van der Waals surface area contributed by atoms with Gasteiger partial charge in [0.2, 0.25) is 5.91 Å². The van der Waals surface area contributed by atoms with Crippen molar-refractivity contribution in [2.45, 2.75) is 32.1 Å². The van der Waals surface area contributed by atoms with Gasteiger partial charge in [0, 0.05) is 11.1 Å². The predicted octanol–water partition coefficient (Wildman–Crippen LogP) is 3.20. The van der Waals surface area contributed by atoms with Crippen LogP contribution in [0.15, 0.2) is 24.4 Å². The molecule has 1 atom stereocenters. The van der Waals surface area contributed by atoms with Crippen molar-refractivity contribution in [3.8, 4) is 11.5 Å². The Morgan fingerprint density at radius 2 is 2.26 bits per heavy atom. The number of carbonyl (C=O) groups excluding carboxylic acids is 1. The fourth-order valence-electron chi connectivity index (χ4n) is 3.64. The Kier molecular flexibility index (Phi) is 5.59. The Balaban J connectivity index is 1.39. The van der Waals surface area contributed by atoms with Gasteiger partial charge in [0.05, 0.1) is 12.5 Å². The average Bonchev–Trinajstić information content (AvgIpc) is 3.17. The maximum absolute atomic E-state index is 12.7. The first kappa shape index (κ1) is 18.3. The van der Waals surface area contributed by atoms with E-state index < -0.39 is 0 Å². The molecule has 0 aliphatic carbocycles. The van der Waals surface area contributed by atoms with Gasteiger partial charge in [-0.2, -0.15) is 0 Å². The molecule has 2 aliphatic rings. The number of anilines is 1. The van der Waals surface area contributed by atoms with Crippen LogP contribution in [0, 0.1) is 5.92 Å². The van der Waals surface area contributed by atoms with Crippen LogP contribution in [0.5, 0.6) is 11.5 Å². The number of benzene rings is 1. The second-order valence-corrected chi connectivity index (χ2v) is 8.06. The molecule has 2 N–H and O–H groups in total. The monoisotopic (exact) mass is 387 g/mol. The van der Waals surface area contributed by atoms with Crippen molar-refractivity contribution in [3.63, 3.8) is 0 Å². The third kappa shape index (κ3) is 4.25. The summed E-state index contributed by atoms with van der Waals surface area (Å²) in [4.78, 5) is 18.4. The van der Waals surface area contributed by atoms with E-state index in [4.69, 9.17) is 9.47 Å². The summed E-state index contributed by atoms with van der Waals surface area (Å²) in [5.41, 5.74) is 1.02. The third-order valence-electron chi connectivity index (χ3n) is 5.12. The van der Waals surface area contributed by atoms with Crippen LogP contribution in [-0.2, 0) is 11.2 Å². The second kappa shape index (κ2) is 8.27. The van der Waals surface area contributed by atoms with Crippen LogP contribution < -0.4 is 20.1 Å². The molecule has 2 aromatic rings. The van der Waals surface area contributed by atoms with Crippen LogP contribution in [0.4, 0.5) is 5.13 Å². The number of aromatic nitrogens is 1. The van der Waals surface area contributed by atoms with E-state index in [1.54, 1.807) is 11.3 Å². The van der Waals surface area contributed by atoms with E-state index >= 15 is 0 Å². The number of nitrogens with zero attached hydrogens (tertiary/aromatic N) is 1. The van der Waals surface area contributed by atoms with E-state index in [9.17, 15) is 4.79 Å². The van der Waals surface area contributed by atoms with E-state index in [1.165, 1.54) is 4.88 Å². The lowest BCUT2D eigenvalue weighted by molar-refractivity contribution is -0.121. The topological polar surface area (TPSA) is 72.5 Å². The molecule has 1 aromatic heterocycles. The van der Waals surface area contributed by atoms with E-state index in [1.807, 2.05) is 31.3 Å². The number of piperidine rings is 1. The largest absolute Gasteiger partial charge is 0.494 e. The number of ether oxygens (including phenoxy) is 2. The van der Waals surface area contributed by atoms with Crippen LogP contribution >= 0.6 is 11.3 Å². The normalized spacial score (nSPS) is 19.8. The summed E-state index contributed by atoms with van der Waals surface area (Å²) in [5, 5.41) is 7.04. The zero-order valence-corrected chi connectivity index (χ0v) is 16.3. The minimum Gasteiger partial charge on any atom is -0.494 e. The average molecular weight is 388 g/mol. The molecule has 6 nitrogen and oxygen atoms in total. The van der Waals surface area contributed by atoms with Gasteiger partial charge in [0.1, 0.15) is 18.1 Å². The zero-order chi connectivity index (χ0) is 18.6. The highest BCUT2D eigenvalue weighted by Gasteiger charge is 2.27. The van der Waals surface area contributed by atoms with Crippen molar-refractivity contribution >= 4 is 22.4 Å². The van der Waals surface area contributed by atoms with E-state index in [2.05, 4.69) is 15.6 Å². The van der Waals surface area contributed by atoms with Crippen molar-refractivity contribution in [2.24, 2.45) is 5.92 Å². The van der Waals surface area contributed by atoms with E-state index in [-0.39, 0.29) is 11.8 Å². The summed E-state index contributed by atoms with van der Waals surface area (Å²) in [6, 6.07) is 5.79. The molecule has 4 rings (SSSR count). The molecule has 0 radical (unpaired) electrons. The molecule has 1 aromatic carbocycles. The summed E-state index contributed by atoms with van der Waals surface area (Å²) >= 11 is 1.59. The Morgan fingerprint density at radius 3 is 3.07 bits per heavy atom. The molecular weight excluding hydrogens is 362 g/mol. The first-order valence-corrected chi connectivity index (χ1v) is 10.4. The van der Waals surface area contributed by atoms with Gasteiger partial charge in [-0.25, -0.2) is 4.98 Å². The molecule has 27 heavy (non-hydrogen) atoms. The number of hydrogen-bond acceptors (Lipinski definition) is 6. The van der Waals surface area contributed by atoms with Gasteiger partial charge in [0.15, 0.2) is 5.13 Å². The third-order valence-corrected chi connectivity index (χ3v) is 6.19. The summed E-state index contributed by atoms with van der Waals surface area (Å²) in [6.07, 6.45) is 4.82. The maximum Gasteiger partial charge on any atom is 0.233 e. The Labute approximate surface area is 163 Å². The Morgan fingerprint density at radius 1 is 1.41 bits per heavy atom. The van der Waals surface area contributed by atoms with Gasteiger partial charge in [-0.15, -0.1) is 11.3 Å². The van der Waals surface area contributed by atoms with Crippen molar-refractivity contribution in [1.29, 1.82) is 0 Å². The first-order valence-electron chi connectivity index (χ1n) is 9.58. The minimum atomic E-state index is -0.222. The highest BCUT2D eigenvalue weighted by Crippen LogP contribution is 2.33. The number of nitrogens with one attached hydrogen (secondary N) is 2. The lowest BCUT2D eigenvalue weighted by atomic mass is 9.96. The number of hydrogen-bond donors (Lipinski definition) is 2. The smallest absolute Gasteiger partial charge is 0.233 e. The fourth-order valence-corrected chi connectivity index (χ4v) is 4.63. The first-order chi connectivity index (χ1) is 13.2. The highest BCUT2D eigenvalue weighted by molar-refractivity contribution is 7.15. The molecule has 3 heterocycles. The number of fused-ring (bicyclic) bond motifs is 1. The van der Waals surface area contributed by atoms with Gasteiger partial charge in [-0.1, -0.05) is 0 Å². The maximum atomic E-state index is 12.7. The summed E-state index contributed by atoms with van der Waals surface area (Å²) < 4.78 is 11.3. The number of carbonyl (C=O) groups is 1. The molecule has 1 fully saturated rings. The number of thiazole rings is 1. The minimum absolute atomic E-state index is 0.0336. The van der Waals surface area contributed by atoms with Gasteiger partial charge >= 0.3 is 0 Å². The Hall–Kier alpha value is -2.12. The Bertz CT molecular complexity index is 802. The lowest BCUT2D eigenvalue weighted by Crippen LogP contribution is -2.32. The van der Waals surface area contributed by atoms with Crippen LogP contribution in [0.3, 0.4) is 0 Å². The van der Waals surface area contributed by atoms with Crippen LogP contribution in [0.1, 0.15) is 36.1 Å². The molecule has 7 heteroatoms. The standard InChI is InChI=1S/C20H25N3O3S/c1-2-25-16-3-4-17-14(10-16)9-15(12-26-17)19(24)23-20-22-11-18(27-20)13-5-7-21-8-6-13/h3-4,10-11,13,15,21H,2,5-9,12H2,1H3,(H,22,23,24). The zero-order valence-electron chi connectivity index (χ0n) is 15.5. The van der Waals surface area contributed by atoms with Gasteiger partial charge in [0.25, 0.3) is 0 Å². The van der Waals surface area contributed by atoms with Crippen molar-refractivity contribution in [3.05, 3.63) is 34.8 Å². The molecule has 1 saturated heterocycles. The van der Waals surface area contributed by atoms with Crippen molar-refractivity contribution < 1.29 is 14.3 Å². The number of amides is 1. The van der Waals surface area contributed by atoms with E-state index in [0.29, 0.717) is 30.7 Å². The predicted molar refractivity (Wildman–Crippen MR) is 106 cm³/mol. The van der Waals surface area contributed by atoms with Crippen molar-refractivity contribution in [1.82, 2.24) is 10.3 Å². The van der Waals surface area contributed by atoms with Gasteiger partial charge in [-0.3, -0.25) is 4.79 Å². The van der Waals surface area contributed by atoms with E-state index in [0.717, 1.165) is 43.0 Å².